The first-order valence-corrected chi connectivity index (χ1v) is 13.0. The van der Waals surface area contributed by atoms with Crippen molar-refractivity contribution in [3.63, 3.8) is 0 Å². The molecule has 0 N–H and O–H groups in total. The van der Waals surface area contributed by atoms with Gasteiger partial charge in [0.1, 0.15) is 5.75 Å². The van der Waals surface area contributed by atoms with Gasteiger partial charge in [-0.2, -0.15) is 0 Å². The Morgan fingerprint density at radius 2 is 1.67 bits per heavy atom. The van der Waals surface area contributed by atoms with E-state index in [4.69, 9.17) is 27.9 Å². The van der Waals surface area contributed by atoms with Crippen LogP contribution in [0.1, 0.15) is 24.4 Å². The van der Waals surface area contributed by atoms with Crippen LogP contribution in [0.3, 0.4) is 0 Å². The van der Waals surface area contributed by atoms with Crippen LogP contribution in [0.2, 0.25) is 10.0 Å². The summed E-state index contributed by atoms with van der Waals surface area (Å²) in [6.07, 6.45) is 2.42. The molecule has 0 saturated carbocycles. The highest BCUT2D eigenvalue weighted by Crippen LogP contribution is 2.29. The van der Waals surface area contributed by atoms with Gasteiger partial charge in [-0.15, -0.1) is 0 Å². The molecule has 36 heavy (non-hydrogen) atoms. The number of likely N-dealkylation sites (tertiary alicyclic amines) is 1. The Hall–Kier alpha value is -2.73. The van der Waals surface area contributed by atoms with Crippen LogP contribution >= 0.6 is 23.2 Å². The number of likely N-dealkylation sites (N-methyl/N-ethyl adjacent to an activating group) is 2. The lowest BCUT2D eigenvalue weighted by molar-refractivity contribution is -0.131. The molecule has 1 aliphatic rings. The second-order valence-corrected chi connectivity index (χ2v) is 10.2. The summed E-state index contributed by atoms with van der Waals surface area (Å²) < 4.78 is 5.38. The van der Waals surface area contributed by atoms with Gasteiger partial charge in [-0.3, -0.25) is 4.79 Å². The number of hydrogen-bond acceptors (Lipinski definition) is 4. The first-order valence-electron chi connectivity index (χ1n) is 12.2. The van der Waals surface area contributed by atoms with Crippen LogP contribution in [0.4, 0.5) is 5.69 Å². The van der Waals surface area contributed by atoms with Crippen molar-refractivity contribution < 1.29 is 9.53 Å². The van der Waals surface area contributed by atoms with Gasteiger partial charge in [-0.05, 0) is 73.0 Å². The van der Waals surface area contributed by atoms with Crippen LogP contribution < -0.4 is 9.64 Å². The average molecular weight is 527 g/mol. The molecule has 4 rings (SSSR count). The van der Waals surface area contributed by atoms with Gasteiger partial charge in [-0.1, -0.05) is 59.6 Å². The van der Waals surface area contributed by atoms with Gasteiger partial charge in [0, 0.05) is 26.3 Å². The number of hydrogen-bond donors (Lipinski definition) is 0. The van der Waals surface area contributed by atoms with Crippen molar-refractivity contribution in [3.05, 3.63) is 82.3 Å². The number of benzene rings is 3. The maximum absolute atomic E-state index is 13.4. The van der Waals surface area contributed by atoms with Crippen molar-refractivity contribution in [1.82, 2.24) is 9.80 Å². The lowest BCUT2D eigenvalue weighted by atomic mass is 9.99. The third kappa shape index (κ3) is 6.33. The number of carbonyl (C=O) groups is 1. The van der Waals surface area contributed by atoms with E-state index in [-0.39, 0.29) is 18.5 Å². The van der Waals surface area contributed by atoms with Crippen molar-refractivity contribution in [2.75, 3.05) is 52.3 Å². The largest absolute Gasteiger partial charge is 0.497 e. The molecule has 3 aromatic carbocycles. The Kier molecular flexibility index (Phi) is 8.78. The van der Waals surface area contributed by atoms with Crippen molar-refractivity contribution in [2.45, 2.75) is 18.9 Å². The molecule has 1 unspecified atom stereocenters. The number of methoxy groups -OCH3 is 1. The Labute approximate surface area is 224 Å². The van der Waals surface area contributed by atoms with E-state index in [1.165, 1.54) is 12.8 Å². The zero-order chi connectivity index (χ0) is 25.7. The molecular formula is C29H33Cl2N3O2. The zero-order valence-electron chi connectivity index (χ0n) is 21.1. The lowest BCUT2D eigenvalue weighted by Gasteiger charge is -2.33. The summed E-state index contributed by atoms with van der Waals surface area (Å²) in [6, 6.07) is 22.0. The van der Waals surface area contributed by atoms with Gasteiger partial charge in [0.05, 0.1) is 29.7 Å². The molecule has 0 radical (unpaired) electrons. The SMILES string of the molecule is COc1cccc(-c2ccc(C(CN3CCCC3)N(C)C(=O)CN(C)c3ccc(Cl)c(Cl)c3)cc2)c1. The quantitative estimate of drug-likeness (QED) is 0.323. The molecule has 1 aliphatic heterocycles. The number of halogens is 2. The van der Waals surface area contributed by atoms with Crippen molar-refractivity contribution in [3.8, 4) is 16.9 Å². The standard InChI is InChI=1S/C29H33Cl2N3O2/c1-32(24-13-14-26(30)27(31)18-24)20-29(35)33(2)28(19-34-15-4-5-16-34)22-11-9-21(10-12-22)23-7-6-8-25(17-23)36-3/h6-14,17-18,28H,4-5,15-16,19-20H2,1-3H3. The first kappa shape index (κ1) is 26.3. The topological polar surface area (TPSA) is 36.0 Å². The molecule has 0 bridgehead atoms. The van der Waals surface area contributed by atoms with Gasteiger partial charge >= 0.3 is 0 Å². The van der Waals surface area contributed by atoms with E-state index in [0.717, 1.165) is 47.8 Å². The van der Waals surface area contributed by atoms with Gasteiger partial charge in [0.2, 0.25) is 5.91 Å². The fourth-order valence-corrected chi connectivity index (χ4v) is 4.96. The molecular weight excluding hydrogens is 493 g/mol. The number of rotatable bonds is 9. The van der Waals surface area contributed by atoms with Crippen molar-refractivity contribution >= 4 is 34.8 Å². The van der Waals surface area contributed by atoms with Crippen LogP contribution in [0.5, 0.6) is 5.75 Å². The summed E-state index contributed by atoms with van der Waals surface area (Å²) in [7, 11) is 5.47. The third-order valence-electron chi connectivity index (χ3n) is 6.91. The van der Waals surface area contributed by atoms with E-state index >= 15 is 0 Å². The lowest BCUT2D eigenvalue weighted by Crippen LogP contribution is -2.42. The molecule has 1 fully saturated rings. The molecule has 190 valence electrons. The van der Waals surface area contributed by atoms with Crippen LogP contribution in [-0.2, 0) is 4.79 Å². The Bertz CT molecular complexity index is 1180. The van der Waals surface area contributed by atoms with E-state index in [9.17, 15) is 4.79 Å². The smallest absolute Gasteiger partial charge is 0.242 e. The molecule has 1 amide bonds. The van der Waals surface area contributed by atoms with E-state index < -0.39 is 0 Å². The molecule has 3 aromatic rings. The highest BCUT2D eigenvalue weighted by molar-refractivity contribution is 6.42. The summed E-state index contributed by atoms with van der Waals surface area (Å²) in [5, 5.41) is 0.977. The highest BCUT2D eigenvalue weighted by atomic mass is 35.5. The van der Waals surface area contributed by atoms with Crippen molar-refractivity contribution in [1.29, 1.82) is 0 Å². The van der Waals surface area contributed by atoms with E-state index in [1.807, 2.05) is 48.2 Å². The third-order valence-corrected chi connectivity index (χ3v) is 7.64. The fraction of sp³-hybridized carbons (Fsp3) is 0.345. The molecule has 1 atom stereocenters. The van der Waals surface area contributed by atoms with Crippen LogP contribution in [0.25, 0.3) is 11.1 Å². The monoisotopic (exact) mass is 525 g/mol. The summed E-state index contributed by atoms with van der Waals surface area (Å²) in [5.41, 5.74) is 4.20. The van der Waals surface area contributed by atoms with Crippen molar-refractivity contribution in [2.24, 2.45) is 0 Å². The molecule has 5 nitrogen and oxygen atoms in total. The molecule has 0 aromatic heterocycles. The van der Waals surface area contributed by atoms with E-state index in [0.29, 0.717) is 10.0 Å². The summed E-state index contributed by atoms with van der Waals surface area (Å²) in [4.78, 5) is 19.7. The second kappa shape index (κ2) is 12.0. The normalized spacial score (nSPS) is 14.5. The number of carbonyl (C=O) groups excluding carboxylic acids is 1. The Morgan fingerprint density at radius 1 is 0.944 bits per heavy atom. The number of amides is 1. The molecule has 7 heteroatoms. The highest BCUT2D eigenvalue weighted by Gasteiger charge is 2.26. The predicted molar refractivity (Wildman–Crippen MR) is 149 cm³/mol. The molecule has 0 aliphatic carbocycles. The van der Waals surface area contributed by atoms with Gasteiger partial charge in [-0.25, -0.2) is 0 Å². The summed E-state index contributed by atoms with van der Waals surface area (Å²) >= 11 is 12.3. The fourth-order valence-electron chi connectivity index (χ4n) is 4.66. The number of ether oxygens (including phenoxy) is 1. The summed E-state index contributed by atoms with van der Waals surface area (Å²) in [6.45, 7) is 3.21. The maximum atomic E-state index is 13.4. The number of anilines is 1. The number of nitrogens with zero attached hydrogens (tertiary/aromatic N) is 3. The minimum absolute atomic E-state index is 0.0443. The van der Waals surface area contributed by atoms with Gasteiger partial charge in [0.25, 0.3) is 0 Å². The van der Waals surface area contributed by atoms with Gasteiger partial charge in [0.15, 0.2) is 0 Å². The van der Waals surface area contributed by atoms with Gasteiger partial charge < -0.3 is 19.4 Å². The predicted octanol–water partition coefficient (Wildman–Crippen LogP) is 6.40. The average Bonchev–Trinajstić information content (AvgIpc) is 3.42. The summed E-state index contributed by atoms with van der Waals surface area (Å²) in [5.74, 6) is 0.879. The Morgan fingerprint density at radius 3 is 2.33 bits per heavy atom. The minimum atomic E-state index is -0.0443. The van der Waals surface area contributed by atoms with Crippen LogP contribution in [-0.4, -0.2) is 63.1 Å². The zero-order valence-corrected chi connectivity index (χ0v) is 22.6. The first-order chi connectivity index (χ1) is 17.4. The van der Waals surface area contributed by atoms with Crippen LogP contribution in [0, 0.1) is 0 Å². The molecule has 1 saturated heterocycles. The molecule has 1 heterocycles. The Balaban J connectivity index is 1.53. The minimum Gasteiger partial charge on any atom is -0.497 e. The van der Waals surface area contributed by atoms with E-state index in [1.54, 1.807) is 19.2 Å². The maximum Gasteiger partial charge on any atom is 0.242 e. The van der Waals surface area contributed by atoms with E-state index in [2.05, 4.69) is 35.2 Å². The second-order valence-electron chi connectivity index (χ2n) is 9.34. The van der Waals surface area contributed by atoms with Crippen LogP contribution in [0.15, 0.2) is 66.7 Å². The molecule has 0 spiro atoms.